The molecule has 0 radical (unpaired) electrons. The predicted octanol–water partition coefficient (Wildman–Crippen LogP) is 2.23. The summed E-state index contributed by atoms with van der Waals surface area (Å²) in [6.45, 7) is 7.19. The molecule has 2 aliphatic rings. The van der Waals surface area contributed by atoms with E-state index >= 15 is 0 Å². The zero-order valence-corrected chi connectivity index (χ0v) is 12.0. The van der Waals surface area contributed by atoms with Crippen LogP contribution in [-0.4, -0.2) is 36.7 Å². The van der Waals surface area contributed by atoms with E-state index in [1.807, 2.05) is 11.3 Å². The van der Waals surface area contributed by atoms with E-state index in [0.29, 0.717) is 24.8 Å². The van der Waals surface area contributed by atoms with Gasteiger partial charge in [0.2, 0.25) is 0 Å². The summed E-state index contributed by atoms with van der Waals surface area (Å²) in [7, 11) is 0. The third-order valence-electron chi connectivity index (χ3n) is 4.17. The van der Waals surface area contributed by atoms with Crippen LogP contribution in [0, 0.1) is 13.8 Å². The second kappa shape index (κ2) is 4.93. The molecule has 0 spiro atoms. The number of nitrogens with zero attached hydrogens (tertiary/aromatic N) is 1. The third-order valence-corrected chi connectivity index (χ3v) is 5.16. The lowest BCUT2D eigenvalue weighted by molar-refractivity contribution is -0.0521. The molecular weight excluding hydrogens is 244 g/mol. The summed E-state index contributed by atoms with van der Waals surface area (Å²) >= 11 is 1.88. The molecule has 2 fully saturated rings. The number of hydrogen-bond donors (Lipinski definition) is 1. The SMILES string of the molecule is Cc1cc(C(CN)N2CC3CCC(C2)O3)c(C)s1. The van der Waals surface area contributed by atoms with Crippen molar-refractivity contribution in [3.8, 4) is 0 Å². The van der Waals surface area contributed by atoms with E-state index in [9.17, 15) is 0 Å². The van der Waals surface area contributed by atoms with E-state index in [4.69, 9.17) is 10.5 Å². The normalized spacial score (nSPS) is 29.7. The molecule has 3 nitrogen and oxygen atoms in total. The number of hydrogen-bond acceptors (Lipinski definition) is 4. The Labute approximate surface area is 113 Å². The molecule has 1 aromatic heterocycles. The molecule has 3 unspecified atom stereocenters. The number of ether oxygens (including phenoxy) is 1. The number of thiophene rings is 1. The largest absolute Gasteiger partial charge is 0.372 e. The maximum atomic E-state index is 6.05. The van der Waals surface area contributed by atoms with Crippen LogP contribution >= 0.6 is 11.3 Å². The molecule has 3 rings (SSSR count). The third kappa shape index (κ3) is 2.23. The molecule has 1 aromatic rings. The maximum Gasteiger partial charge on any atom is 0.0707 e. The van der Waals surface area contributed by atoms with Gasteiger partial charge in [-0.3, -0.25) is 4.90 Å². The van der Waals surface area contributed by atoms with Crippen molar-refractivity contribution in [1.82, 2.24) is 4.90 Å². The summed E-state index contributed by atoms with van der Waals surface area (Å²) in [6.07, 6.45) is 3.33. The first-order valence-electron chi connectivity index (χ1n) is 6.84. The monoisotopic (exact) mass is 266 g/mol. The maximum absolute atomic E-state index is 6.05. The van der Waals surface area contributed by atoms with E-state index in [0.717, 1.165) is 13.1 Å². The van der Waals surface area contributed by atoms with Gasteiger partial charge in [0.05, 0.1) is 12.2 Å². The van der Waals surface area contributed by atoms with Crippen molar-refractivity contribution in [3.05, 3.63) is 21.4 Å². The van der Waals surface area contributed by atoms with Crippen LogP contribution in [0.1, 0.15) is 34.2 Å². The van der Waals surface area contributed by atoms with Crippen molar-refractivity contribution in [3.63, 3.8) is 0 Å². The minimum atomic E-state index is 0.377. The second-order valence-electron chi connectivity index (χ2n) is 5.53. The Hall–Kier alpha value is -0.420. The first kappa shape index (κ1) is 12.6. The van der Waals surface area contributed by atoms with E-state index < -0.39 is 0 Å². The summed E-state index contributed by atoms with van der Waals surface area (Å²) in [5.74, 6) is 0. The number of nitrogens with two attached hydrogens (primary N) is 1. The standard InChI is InChI=1S/C14H22N2OS/c1-9-5-13(10(2)18-9)14(6-15)16-7-11-3-4-12(8-16)17-11/h5,11-12,14H,3-4,6-8,15H2,1-2H3. The van der Waals surface area contributed by atoms with Gasteiger partial charge >= 0.3 is 0 Å². The van der Waals surface area contributed by atoms with Crippen LogP contribution < -0.4 is 5.73 Å². The Balaban J connectivity index is 1.82. The minimum absolute atomic E-state index is 0.377. The van der Waals surface area contributed by atoms with Gasteiger partial charge in [0.15, 0.2) is 0 Å². The van der Waals surface area contributed by atoms with Gasteiger partial charge in [0.25, 0.3) is 0 Å². The molecule has 100 valence electrons. The second-order valence-corrected chi connectivity index (χ2v) is 6.99. The van der Waals surface area contributed by atoms with Crippen LogP contribution in [0.25, 0.3) is 0 Å². The van der Waals surface area contributed by atoms with Gasteiger partial charge in [-0.1, -0.05) is 0 Å². The summed E-state index contributed by atoms with van der Waals surface area (Å²) < 4.78 is 5.91. The van der Waals surface area contributed by atoms with Crippen LogP contribution in [-0.2, 0) is 4.74 Å². The average molecular weight is 266 g/mol. The molecular formula is C14H22N2OS. The molecule has 3 heterocycles. The Morgan fingerprint density at radius 2 is 2.06 bits per heavy atom. The summed E-state index contributed by atoms with van der Waals surface area (Å²) in [5, 5.41) is 0. The van der Waals surface area contributed by atoms with Crippen molar-refractivity contribution >= 4 is 11.3 Å². The lowest BCUT2D eigenvalue weighted by Crippen LogP contribution is -2.46. The van der Waals surface area contributed by atoms with E-state index in [2.05, 4.69) is 24.8 Å². The van der Waals surface area contributed by atoms with E-state index in [1.165, 1.54) is 28.2 Å². The lowest BCUT2D eigenvalue weighted by Gasteiger charge is -2.37. The Morgan fingerprint density at radius 3 is 2.56 bits per heavy atom. The van der Waals surface area contributed by atoms with Crippen molar-refractivity contribution < 1.29 is 4.74 Å². The molecule has 0 saturated carbocycles. The molecule has 0 aliphatic carbocycles. The number of likely N-dealkylation sites (tertiary alicyclic amines) is 1. The summed E-state index contributed by atoms with van der Waals surface area (Å²) in [5.41, 5.74) is 7.48. The van der Waals surface area contributed by atoms with Gasteiger partial charge in [-0.15, -0.1) is 11.3 Å². The van der Waals surface area contributed by atoms with Crippen LogP contribution in [0.15, 0.2) is 6.07 Å². The minimum Gasteiger partial charge on any atom is -0.372 e. The van der Waals surface area contributed by atoms with Gasteiger partial charge in [0, 0.05) is 35.4 Å². The van der Waals surface area contributed by atoms with Gasteiger partial charge in [-0.05, 0) is 38.3 Å². The van der Waals surface area contributed by atoms with Crippen molar-refractivity contribution in [2.45, 2.75) is 44.9 Å². The van der Waals surface area contributed by atoms with Gasteiger partial charge in [-0.2, -0.15) is 0 Å². The van der Waals surface area contributed by atoms with Crippen molar-refractivity contribution in [2.24, 2.45) is 5.73 Å². The fourth-order valence-electron chi connectivity index (χ4n) is 3.35. The van der Waals surface area contributed by atoms with Crippen molar-refractivity contribution in [1.29, 1.82) is 0 Å². The highest BCUT2D eigenvalue weighted by Crippen LogP contribution is 2.34. The van der Waals surface area contributed by atoms with Gasteiger partial charge < -0.3 is 10.5 Å². The molecule has 2 N–H and O–H groups in total. The zero-order chi connectivity index (χ0) is 12.7. The first-order chi connectivity index (χ1) is 8.67. The highest BCUT2D eigenvalue weighted by atomic mass is 32.1. The molecule has 18 heavy (non-hydrogen) atoms. The van der Waals surface area contributed by atoms with Crippen LogP contribution in [0.4, 0.5) is 0 Å². The number of aryl methyl sites for hydroxylation is 2. The average Bonchev–Trinajstić information content (AvgIpc) is 2.83. The van der Waals surface area contributed by atoms with E-state index in [1.54, 1.807) is 0 Å². The van der Waals surface area contributed by atoms with Crippen molar-refractivity contribution in [2.75, 3.05) is 19.6 Å². The van der Waals surface area contributed by atoms with Crippen LogP contribution in [0.5, 0.6) is 0 Å². The Morgan fingerprint density at radius 1 is 1.39 bits per heavy atom. The smallest absolute Gasteiger partial charge is 0.0707 e. The fourth-order valence-corrected chi connectivity index (χ4v) is 4.34. The van der Waals surface area contributed by atoms with Gasteiger partial charge in [-0.25, -0.2) is 0 Å². The predicted molar refractivity (Wildman–Crippen MR) is 75.1 cm³/mol. The molecule has 2 bridgehead atoms. The topological polar surface area (TPSA) is 38.5 Å². The summed E-state index contributed by atoms with van der Waals surface area (Å²) in [4.78, 5) is 5.35. The fraction of sp³-hybridized carbons (Fsp3) is 0.714. The summed E-state index contributed by atoms with van der Waals surface area (Å²) in [6, 6.07) is 2.69. The molecule has 3 atom stereocenters. The van der Waals surface area contributed by atoms with Crippen LogP contribution in [0.3, 0.4) is 0 Å². The quantitative estimate of drug-likeness (QED) is 0.912. The Bertz CT molecular complexity index is 419. The number of morpholine rings is 1. The first-order valence-corrected chi connectivity index (χ1v) is 7.65. The Kier molecular flexibility index (Phi) is 3.45. The van der Waals surface area contributed by atoms with Crippen LogP contribution in [0.2, 0.25) is 0 Å². The van der Waals surface area contributed by atoms with Gasteiger partial charge in [0.1, 0.15) is 0 Å². The zero-order valence-electron chi connectivity index (χ0n) is 11.2. The lowest BCUT2D eigenvalue weighted by atomic mass is 10.0. The number of fused-ring (bicyclic) bond motifs is 2. The molecule has 2 aliphatic heterocycles. The number of rotatable bonds is 3. The highest BCUT2D eigenvalue weighted by molar-refractivity contribution is 7.12. The molecule has 4 heteroatoms. The highest BCUT2D eigenvalue weighted by Gasteiger charge is 2.37. The molecule has 2 saturated heterocycles. The molecule has 0 aromatic carbocycles. The molecule has 0 amide bonds. The van der Waals surface area contributed by atoms with E-state index in [-0.39, 0.29) is 0 Å².